The van der Waals surface area contributed by atoms with Crippen molar-refractivity contribution in [2.45, 2.75) is 69.8 Å². The highest BCUT2D eigenvalue weighted by Crippen LogP contribution is 2.49. The molecular formula is C33H32ClF5N8O3S. The van der Waals surface area contributed by atoms with Crippen LogP contribution in [0.4, 0.5) is 26.7 Å². The van der Waals surface area contributed by atoms with Crippen molar-refractivity contribution in [3.63, 3.8) is 0 Å². The predicted molar refractivity (Wildman–Crippen MR) is 178 cm³/mol. The number of rotatable bonds is 10. The molecule has 11 nitrogen and oxygen atoms in total. The summed E-state index contributed by atoms with van der Waals surface area (Å²) in [5.74, 6) is -1.72. The van der Waals surface area contributed by atoms with Crippen LogP contribution in [0.2, 0.25) is 5.02 Å². The molecule has 3 heterocycles. The molecule has 0 bridgehead atoms. The summed E-state index contributed by atoms with van der Waals surface area (Å²) < 4.78 is 79.0. The normalized spacial score (nSPS) is 19.3. The third kappa shape index (κ3) is 7.00. The molecule has 18 heteroatoms. The third-order valence-corrected chi connectivity index (χ3v) is 9.61. The average molecular weight is 751 g/mol. The van der Waals surface area contributed by atoms with E-state index in [1.165, 1.54) is 29.7 Å². The van der Waals surface area contributed by atoms with Gasteiger partial charge in [0.15, 0.2) is 11.8 Å². The first-order valence-electron chi connectivity index (χ1n) is 15.7. The number of hydrogen-bond donors (Lipinski definition) is 3. The van der Waals surface area contributed by atoms with Crippen LogP contribution >= 0.6 is 23.1 Å². The van der Waals surface area contributed by atoms with Gasteiger partial charge in [-0.3, -0.25) is 15.1 Å². The number of amides is 2. The lowest BCUT2D eigenvalue weighted by molar-refractivity contribution is -0.164. The molecule has 1 saturated carbocycles. The zero-order chi connectivity index (χ0) is 36.9. The van der Waals surface area contributed by atoms with Crippen molar-refractivity contribution in [1.29, 1.82) is 5.41 Å². The molecule has 2 fully saturated rings. The number of aromatic nitrogens is 4. The zero-order valence-corrected chi connectivity index (χ0v) is 29.0. The number of carbonyl (C=O) groups excluding carboxylic acids is 2. The molecular weight excluding hydrogens is 719 g/mol. The van der Waals surface area contributed by atoms with Crippen molar-refractivity contribution in [1.82, 2.24) is 34.7 Å². The van der Waals surface area contributed by atoms with Gasteiger partial charge in [0.2, 0.25) is 0 Å². The van der Waals surface area contributed by atoms with Gasteiger partial charge in [0.25, 0.3) is 12.3 Å². The Bertz CT molecular complexity index is 1940. The lowest BCUT2D eigenvalue weighted by Crippen LogP contribution is -2.49. The number of benzene rings is 2. The van der Waals surface area contributed by atoms with E-state index in [1.54, 1.807) is 24.3 Å². The van der Waals surface area contributed by atoms with Crippen LogP contribution in [-0.4, -0.2) is 60.3 Å². The molecule has 0 spiro atoms. The summed E-state index contributed by atoms with van der Waals surface area (Å²) in [4.78, 5) is 32.3. The van der Waals surface area contributed by atoms with Crippen LogP contribution < -0.4 is 10.6 Å². The van der Waals surface area contributed by atoms with E-state index in [4.69, 9.17) is 21.7 Å². The summed E-state index contributed by atoms with van der Waals surface area (Å²) in [7, 11) is 0. The monoisotopic (exact) mass is 750 g/mol. The summed E-state index contributed by atoms with van der Waals surface area (Å²) in [5.41, 5.74) is -2.25. The van der Waals surface area contributed by atoms with Crippen LogP contribution in [0.15, 0.2) is 60.2 Å². The third-order valence-electron chi connectivity index (χ3n) is 8.73. The second kappa shape index (κ2) is 13.2. The van der Waals surface area contributed by atoms with Crippen LogP contribution in [0.25, 0.3) is 16.9 Å². The first kappa shape index (κ1) is 36.2. The minimum Gasteiger partial charge on any atom is -0.447 e. The maximum atomic E-state index is 14.8. The maximum Gasteiger partial charge on any atom is 0.411 e. The second-order valence-corrected chi connectivity index (χ2v) is 14.7. The first-order chi connectivity index (χ1) is 23.9. The average Bonchev–Trinajstić information content (AvgIpc) is 3.38. The first-order valence-corrected chi connectivity index (χ1v) is 16.9. The van der Waals surface area contributed by atoms with Gasteiger partial charge in [-0.05, 0) is 65.5 Å². The number of guanidine groups is 1. The molecule has 1 aliphatic heterocycles. The molecule has 1 aliphatic carbocycles. The highest BCUT2D eigenvalue weighted by Gasteiger charge is 2.64. The fourth-order valence-corrected chi connectivity index (χ4v) is 6.94. The van der Waals surface area contributed by atoms with Crippen molar-refractivity contribution in [3.8, 4) is 16.9 Å². The number of alkyl halides is 5. The second-order valence-electron chi connectivity index (χ2n) is 13.6. The van der Waals surface area contributed by atoms with E-state index in [1.807, 2.05) is 37.5 Å². The van der Waals surface area contributed by atoms with Gasteiger partial charge in [-0.1, -0.05) is 62.7 Å². The highest BCUT2D eigenvalue weighted by atomic mass is 35.5. The smallest absolute Gasteiger partial charge is 0.411 e. The van der Waals surface area contributed by atoms with Crippen LogP contribution in [0.5, 0.6) is 0 Å². The molecule has 3 N–H and O–H groups in total. The SMILES string of the molecule is CC(C)(C)C[C@]1(c2ccc(-c3ccsn3)cc2)NC(=N)N([C@H](COC(=O)NC2(C(F)(F)F)CC2)c2ccc(Cl)c(-n3ncnc3C(F)F)c2)C1=O. The van der Waals surface area contributed by atoms with E-state index in [9.17, 15) is 31.5 Å². The minimum absolute atomic E-state index is 0.0207. The van der Waals surface area contributed by atoms with Crippen molar-refractivity contribution in [3.05, 3.63) is 82.2 Å². The predicted octanol–water partition coefficient (Wildman–Crippen LogP) is 7.54. The van der Waals surface area contributed by atoms with Crippen LogP contribution in [0.3, 0.4) is 0 Å². The van der Waals surface area contributed by atoms with E-state index in [0.717, 1.165) is 27.2 Å². The summed E-state index contributed by atoms with van der Waals surface area (Å²) in [6, 6.07) is 11.7. The van der Waals surface area contributed by atoms with E-state index in [-0.39, 0.29) is 41.5 Å². The lowest BCUT2D eigenvalue weighted by Gasteiger charge is -2.35. The molecule has 1 saturated heterocycles. The number of ether oxygens (including phenoxy) is 1. The minimum atomic E-state index is -4.71. The summed E-state index contributed by atoms with van der Waals surface area (Å²) in [6.07, 6.45) is -8.67. The standard InChI is InChI=1S/C33H32ClF5N8O3S/c1-30(2,3)16-32(20-7-4-18(5-8-20)22-10-13-51-45-22)27(48)46(28(40)43-32)24(15-50-29(49)44-31(11-12-31)33(37,38)39)19-6-9-21(34)23(14-19)47-26(25(35)36)41-17-42-47/h4-10,13-14,17,24-25H,11-12,15-16H2,1-3H3,(H2,40,43)(H,44,49)/t24-,32-/m1/s1. The topological polar surface area (TPSA) is 138 Å². The molecule has 2 atom stereocenters. The van der Waals surface area contributed by atoms with Crippen LogP contribution in [-0.2, 0) is 15.1 Å². The Balaban J connectivity index is 1.41. The molecule has 51 heavy (non-hydrogen) atoms. The van der Waals surface area contributed by atoms with Gasteiger partial charge in [-0.25, -0.2) is 23.2 Å². The van der Waals surface area contributed by atoms with E-state index < -0.39 is 59.6 Å². The van der Waals surface area contributed by atoms with Gasteiger partial charge in [0.1, 0.15) is 24.0 Å². The van der Waals surface area contributed by atoms with Gasteiger partial charge in [-0.15, -0.1) is 0 Å². The lowest BCUT2D eigenvalue weighted by atomic mass is 9.75. The summed E-state index contributed by atoms with van der Waals surface area (Å²) in [6.45, 7) is 5.04. The number of alkyl carbamates (subject to hydrolysis) is 1. The number of hydrogen-bond acceptors (Lipinski definition) is 8. The zero-order valence-electron chi connectivity index (χ0n) is 27.4. The maximum absolute atomic E-state index is 14.8. The molecule has 4 aromatic rings. The van der Waals surface area contributed by atoms with Gasteiger partial charge in [0, 0.05) is 10.9 Å². The summed E-state index contributed by atoms with van der Waals surface area (Å²) >= 11 is 7.70. The van der Waals surface area contributed by atoms with Crippen LogP contribution in [0.1, 0.15) is 69.5 Å². The van der Waals surface area contributed by atoms with Crippen LogP contribution in [0, 0.1) is 10.8 Å². The Morgan fingerprint density at radius 1 is 1.14 bits per heavy atom. The van der Waals surface area contributed by atoms with Gasteiger partial charge < -0.3 is 15.4 Å². The quantitative estimate of drug-likeness (QED) is 0.142. The largest absolute Gasteiger partial charge is 0.447 e. The van der Waals surface area contributed by atoms with Crippen molar-refractivity contribution in [2.24, 2.45) is 5.41 Å². The molecule has 2 aliphatic rings. The van der Waals surface area contributed by atoms with Gasteiger partial charge in [-0.2, -0.15) is 22.6 Å². The van der Waals surface area contributed by atoms with E-state index in [2.05, 4.69) is 19.8 Å². The van der Waals surface area contributed by atoms with Crippen molar-refractivity contribution >= 4 is 41.1 Å². The molecule has 0 radical (unpaired) electrons. The number of nitrogens with one attached hydrogen (secondary N) is 3. The molecule has 2 amide bonds. The fourth-order valence-electron chi connectivity index (χ4n) is 6.21. The van der Waals surface area contributed by atoms with Gasteiger partial charge >= 0.3 is 12.3 Å². The molecule has 6 rings (SSSR count). The van der Waals surface area contributed by atoms with E-state index >= 15 is 0 Å². The number of carbonyl (C=O) groups is 2. The number of halogens is 6. The Kier molecular flexibility index (Phi) is 9.33. The molecule has 2 aromatic carbocycles. The molecule has 0 unspecified atom stereocenters. The van der Waals surface area contributed by atoms with Crippen molar-refractivity contribution < 1.29 is 36.3 Å². The molecule has 270 valence electrons. The van der Waals surface area contributed by atoms with Gasteiger partial charge in [0.05, 0.1) is 22.4 Å². The van der Waals surface area contributed by atoms with E-state index in [0.29, 0.717) is 5.56 Å². The Morgan fingerprint density at radius 2 is 1.84 bits per heavy atom. The Hall–Kier alpha value is -4.64. The Morgan fingerprint density at radius 3 is 2.43 bits per heavy atom. The number of nitrogens with zero attached hydrogens (tertiary/aromatic N) is 5. The highest BCUT2D eigenvalue weighted by molar-refractivity contribution is 7.03. The molecule has 2 aromatic heterocycles. The Labute approximate surface area is 297 Å². The fraction of sp³-hybridized carbons (Fsp3) is 0.394. The van der Waals surface area contributed by atoms with Crippen molar-refractivity contribution in [2.75, 3.05) is 6.61 Å². The summed E-state index contributed by atoms with van der Waals surface area (Å²) in [5, 5.41) is 19.7.